The van der Waals surface area contributed by atoms with Crippen molar-refractivity contribution in [1.82, 2.24) is 10.5 Å². The number of hydrogen-bond donors (Lipinski definition) is 1. The maximum atomic E-state index is 5.33. The lowest BCUT2D eigenvalue weighted by Gasteiger charge is -1.97. The molecule has 0 spiro atoms. The molecule has 0 saturated heterocycles. The van der Waals surface area contributed by atoms with E-state index < -0.39 is 0 Å². The van der Waals surface area contributed by atoms with Crippen molar-refractivity contribution in [3.8, 4) is 0 Å². The normalized spacial score (nSPS) is 10.8. The second-order valence-corrected chi connectivity index (χ2v) is 4.03. The van der Waals surface area contributed by atoms with E-state index in [0.29, 0.717) is 13.1 Å². The van der Waals surface area contributed by atoms with E-state index in [-0.39, 0.29) is 0 Å². The van der Waals surface area contributed by atoms with Gasteiger partial charge in [-0.15, -0.1) is 0 Å². The number of furan rings is 1. The minimum Gasteiger partial charge on any atom is -0.453 e. The van der Waals surface area contributed by atoms with Crippen molar-refractivity contribution < 1.29 is 8.94 Å². The summed E-state index contributed by atoms with van der Waals surface area (Å²) >= 11 is 3.25. The molecule has 2 heterocycles. The first-order valence-electron chi connectivity index (χ1n) is 4.61. The molecule has 2 rings (SSSR count). The summed E-state index contributed by atoms with van der Waals surface area (Å²) in [6.45, 7) is 3.22. The zero-order chi connectivity index (χ0) is 10.7. The third kappa shape index (κ3) is 2.94. The van der Waals surface area contributed by atoms with Crippen LogP contribution >= 0.6 is 15.9 Å². The zero-order valence-corrected chi connectivity index (χ0v) is 9.87. The van der Waals surface area contributed by atoms with E-state index in [0.717, 1.165) is 21.9 Å². The molecule has 2 aromatic rings. The van der Waals surface area contributed by atoms with Gasteiger partial charge < -0.3 is 14.3 Å². The largest absolute Gasteiger partial charge is 0.453 e. The molecule has 80 valence electrons. The first-order valence-corrected chi connectivity index (χ1v) is 5.40. The van der Waals surface area contributed by atoms with E-state index in [4.69, 9.17) is 8.94 Å². The fourth-order valence-electron chi connectivity index (χ4n) is 1.26. The fraction of sp³-hybridized carbons (Fsp3) is 0.300. The number of hydrogen-bond acceptors (Lipinski definition) is 4. The summed E-state index contributed by atoms with van der Waals surface area (Å²) < 4.78 is 11.1. The molecule has 0 fully saturated rings. The lowest BCUT2D eigenvalue weighted by molar-refractivity contribution is 0.365. The van der Waals surface area contributed by atoms with E-state index in [9.17, 15) is 0 Å². The van der Waals surface area contributed by atoms with Crippen molar-refractivity contribution in [3.05, 3.63) is 40.1 Å². The Morgan fingerprint density at radius 1 is 1.33 bits per heavy atom. The predicted molar refractivity (Wildman–Crippen MR) is 58.2 cm³/mol. The van der Waals surface area contributed by atoms with Gasteiger partial charge in [-0.1, -0.05) is 5.16 Å². The van der Waals surface area contributed by atoms with Gasteiger partial charge in [-0.3, -0.25) is 0 Å². The molecule has 0 aliphatic rings. The Labute approximate surface area is 95.8 Å². The van der Waals surface area contributed by atoms with Crippen LogP contribution in [0.15, 0.2) is 31.8 Å². The Hall–Kier alpha value is -1.07. The summed E-state index contributed by atoms with van der Waals surface area (Å²) in [5, 5.41) is 7.00. The molecule has 0 amide bonds. The highest BCUT2D eigenvalue weighted by Gasteiger charge is 2.02. The lowest BCUT2D eigenvalue weighted by atomic mass is 10.4. The lowest BCUT2D eigenvalue weighted by Crippen LogP contribution is -2.11. The molecule has 0 bridgehead atoms. The molecule has 0 unspecified atom stereocenters. The highest BCUT2D eigenvalue weighted by atomic mass is 79.9. The average molecular weight is 271 g/mol. The minimum atomic E-state index is 0.652. The summed E-state index contributed by atoms with van der Waals surface area (Å²) in [5.41, 5.74) is 0.896. The fourth-order valence-corrected chi connectivity index (χ4v) is 1.60. The van der Waals surface area contributed by atoms with Gasteiger partial charge in [-0.25, -0.2) is 0 Å². The number of aryl methyl sites for hydroxylation is 1. The molecule has 15 heavy (non-hydrogen) atoms. The van der Waals surface area contributed by atoms with Crippen LogP contribution in [0.3, 0.4) is 0 Å². The highest BCUT2D eigenvalue weighted by Crippen LogP contribution is 2.13. The second-order valence-electron chi connectivity index (χ2n) is 3.24. The summed E-state index contributed by atoms with van der Waals surface area (Å²) in [4.78, 5) is 0. The minimum absolute atomic E-state index is 0.652. The first-order chi connectivity index (χ1) is 7.24. The molecule has 2 aromatic heterocycles. The van der Waals surface area contributed by atoms with Crippen molar-refractivity contribution in [3.63, 3.8) is 0 Å². The maximum absolute atomic E-state index is 5.33. The van der Waals surface area contributed by atoms with E-state index in [1.807, 2.05) is 25.1 Å². The van der Waals surface area contributed by atoms with E-state index in [2.05, 4.69) is 26.4 Å². The maximum Gasteiger partial charge on any atom is 0.169 e. The Morgan fingerprint density at radius 3 is 2.73 bits per heavy atom. The molecule has 0 aliphatic heterocycles. The smallest absolute Gasteiger partial charge is 0.169 e. The van der Waals surface area contributed by atoms with Crippen LogP contribution in [-0.2, 0) is 13.1 Å². The van der Waals surface area contributed by atoms with E-state index in [1.165, 1.54) is 0 Å². The molecule has 0 saturated carbocycles. The number of halogens is 1. The van der Waals surface area contributed by atoms with Crippen LogP contribution < -0.4 is 5.32 Å². The summed E-state index contributed by atoms with van der Waals surface area (Å²) in [6, 6.07) is 5.70. The molecular weight excluding hydrogens is 260 g/mol. The van der Waals surface area contributed by atoms with Crippen LogP contribution in [0.5, 0.6) is 0 Å². The Morgan fingerprint density at radius 2 is 2.13 bits per heavy atom. The van der Waals surface area contributed by atoms with Gasteiger partial charge in [0.05, 0.1) is 18.8 Å². The van der Waals surface area contributed by atoms with Gasteiger partial charge in [-0.05, 0) is 35.0 Å². The highest BCUT2D eigenvalue weighted by molar-refractivity contribution is 9.10. The Balaban J connectivity index is 1.80. The molecule has 4 nitrogen and oxygen atoms in total. The van der Waals surface area contributed by atoms with Crippen molar-refractivity contribution >= 4 is 15.9 Å². The Bertz CT molecular complexity index is 396. The third-order valence-corrected chi connectivity index (χ3v) is 2.33. The third-order valence-electron chi connectivity index (χ3n) is 1.90. The molecule has 0 atom stereocenters. The van der Waals surface area contributed by atoms with Gasteiger partial charge in [-0.2, -0.15) is 0 Å². The first kappa shape index (κ1) is 10.4. The van der Waals surface area contributed by atoms with Crippen molar-refractivity contribution in [2.24, 2.45) is 0 Å². The van der Waals surface area contributed by atoms with Crippen LogP contribution in [0.1, 0.15) is 17.2 Å². The summed E-state index contributed by atoms with van der Waals surface area (Å²) in [6.07, 6.45) is 0. The molecule has 0 aromatic carbocycles. The number of nitrogens with one attached hydrogen (secondary N) is 1. The van der Waals surface area contributed by atoms with Gasteiger partial charge in [0, 0.05) is 6.07 Å². The Kier molecular flexibility index (Phi) is 3.23. The topological polar surface area (TPSA) is 51.2 Å². The average Bonchev–Trinajstić information content (AvgIpc) is 2.76. The van der Waals surface area contributed by atoms with E-state index in [1.54, 1.807) is 0 Å². The van der Waals surface area contributed by atoms with E-state index >= 15 is 0 Å². The molecule has 1 N–H and O–H groups in total. The standard InChI is InChI=1S/C10H11BrN2O2/c1-7-4-9(15-13-7)6-12-5-8-2-3-10(11)14-8/h2-4,12H,5-6H2,1H3. The number of rotatable bonds is 4. The van der Waals surface area contributed by atoms with Gasteiger partial charge >= 0.3 is 0 Å². The quantitative estimate of drug-likeness (QED) is 0.928. The molecule has 5 heteroatoms. The number of aromatic nitrogens is 1. The predicted octanol–water partition coefficient (Wildman–Crippen LogP) is 2.63. The van der Waals surface area contributed by atoms with Crippen LogP contribution in [0.2, 0.25) is 0 Å². The van der Waals surface area contributed by atoms with Crippen molar-refractivity contribution in [2.75, 3.05) is 0 Å². The number of nitrogens with zero attached hydrogens (tertiary/aromatic N) is 1. The second kappa shape index (κ2) is 4.63. The molecular formula is C10H11BrN2O2. The van der Waals surface area contributed by atoms with Crippen LogP contribution in [0.4, 0.5) is 0 Å². The van der Waals surface area contributed by atoms with Gasteiger partial charge in [0.1, 0.15) is 5.76 Å². The SMILES string of the molecule is Cc1cc(CNCc2ccc(Br)o2)on1. The van der Waals surface area contributed by atoms with Crippen molar-refractivity contribution in [2.45, 2.75) is 20.0 Å². The van der Waals surface area contributed by atoms with Gasteiger partial charge in [0.15, 0.2) is 10.4 Å². The van der Waals surface area contributed by atoms with Crippen LogP contribution in [0, 0.1) is 6.92 Å². The summed E-state index contributed by atoms with van der Waals surface area (Å²) in [5.74, 6) is 1.72. The van der Waals surface area contributed by atoms with Crippen molar-refractivity contribution in [1.29, 1.82) is 0 Å². The van der Waals surface area contributed by atoms with Crippen LogP contribution in [-0.4, -0.2) is 5.16 Å². The molecule has 0 radical (unpaired) electrons. The zero-order valence-electron chi connectivity index (χ0n) is 8.29. The van der Waals surface area contributed by atoms with Gasteiger partial charge in [0.2, 0.25) is 0 Å². The monoisotopic (exact) mass is 270 g/mol. The van der Waals surface area contributed by atoms with Crippen LogP contribution in [0.25, 0.3) is 0 Å². The van der Waals surface area contributed by atoms with Gasteiger partial charge in [0.25, 0.3) is 0 Å². The summed E-state index contributed by atoms with van der Waals surface area (Å²) in [7, 11) is 0. The molecule has 0 aliphatic carbocycles.